The number of aryl methyl sites for hydroxylation is 1. The van der Waals surface area contributed by atoms with Crippen LogP contribution >= 0.6 is 11.3 Å². The van der Waals surface area contributed by atoms with E-state index < -0.39 is 0 Å². The van der Waals surface area contributed by atoms with E-state index >= 15 is 0 Å². The monoisotopic (exact) mass is 223 g/mol. The van der Waals surface area contributed by atoms with E-state index in [1.807, 2.05) is 11.3 Å². The Morgan fingerprint density at radius 3 is 2.67 bits per heavy atom. The fraction of sp³-hybridized carbons (Fsp3) is 0.692. The Labute approximate surface area is 96.9 Å². The molecular weight excluding hydrogens is 202 g/mol. The van der Waals surface area contributed by atoms with Gasteiger partial charge in [0.25, 0.3) is 0 Å². The van der Waals surface area contributed by atoms with Crippen molar-refractivity contribution < 1.29 is 0 Å². The molecule has 2 atom stereocenters. The number of hydrogen-bond acceptors (Lipinski definition) is 2. The number of hydrogen-bond donors (Lipinski definition) is 1. The molecule has 0 spiro atoms. The van der Waals surface area contributed by atoms with Crippen LogP contribution in [0.25, 0.3) is 0 Å². The zero-order valence-electron chi connectivity index (χ0n) is 10.1. The molecule has 1 heterocycles. The fourth-order valence-corrected chi connectivity index (χ4v) is 2.92. The van der Waals surface area contributed by atoms with Crippen LogP contribution in [-0.2, 0) is 6.42 Å². The lowest BCUT2D eigenvalue weighted by molar-refractivity contribution is 0.496. The van der Waals surface area contributed by atoms with Crippen molar-refractivity contribution in [2.24, 2.45) is 5.41 Å². The summed E-state index contributed by atoms with van der Waals surface area (Å²) in [7, 11) is 0. The summed E-state index contributed by atoms with van der Waals surface area (Å²) < 4.78 is 0. The SMILES string of the molecule is CCc1ccc(C(C)NC2CC2(C)C)s1. The van der Waals surface area contributed by atoms with Gasteiger partial charge in [0, 0.05) is 21.8 Å². The molecule has 0 aromatic carbocycles. The number of rotatable bonds is 4. The molecule has 0 saturated heterocycles. The molecule has 1 aromatic heterocycles. The second-order valence-electron chi connectivity index (χ2n) is 5.29. The average Bonchev–Trinajstić information content (AvgIpc) is 2.67. The summed E-state index contributed by atoms with van der Waals surface area (Å²) in [5.41, 5.74) is 0.527. The topological polar surface area (TPSA) is 12.0 Å². The van der Waals surface area contributed by atoms with Crippen LogP contribution < -0.4 is 5.32 Å². The first-order chi connectivity index (χ1) is 7.03. The van der Waals surface area contributed by atoms with E-state index in [1.165, 1.54) is 16.2 Å². The highest BCUT2D eigenvalue weighted by molar-refractivity contribution is 7.12. The zero-order chi connectivity index (χ0) is 11.1. The predicted octanol–water partition coefficient (Wildman–Crippen LogP) is 3.76. The molecule has 1 fully saturated rings. The van der Waals surface area contributed by atoms with Gasteiger partial charge in [-0.05, 0) is 37.3 Å². The fourth-order valence-electron chi connectivity index (χ4n) is 1.95. The molecule has 84 valence electrons. The molecule has 1 aliphatic rings. The summed E-state index contributed by atoms with van der Waals surface area (Å²) in [6.07, 6.45) is 2.48. The second kappa shape index (κ2) is 3.91. The highest BCUT2D eigenvalue weighted by Crippen LogP contribution is 2.45. The number of thiophene rings is 1. The first kappa shape index (κ1) is 11.2. The maximum absolute atomic E-state index is 3.71. The Hall–Kier alpha value is -0.340. The number of nitrogens with one attached hydrogen (secondary N) is 1. The molecule has 15 heavy (non-hydrogen) atoms. The van der Waals surface area contributed by atoms with E-state index in [4.69, 9.17) is 0 Å². The highest BCUT2D eigenvalue weighted by Gasteiger charge is 2.45. The molecule has 0 radical (unpaired) electrons. The third kappa shape index (κ3) is 2.43. The minimum atomic E-state index is 0.516. The van der Waals surface area contributed by atoms with Crippen LogP contribution in [-0.4, -0.2) is 6.04 Å². The minimum Gasteiger partial charge on any atom is -0.306 e. The van der Waals surface area contributed by atoms with Gasteiger partial charge in [-0.25, -0.2) is 0 Å². The van der Waals surface area contributed by atoms with Gasteiger partial charge in [-0.2, -0.15) is 0 Å². The average molecular weight is 223 g/mol. The summed E-state index contributed by atoms with van der Waals surface area (Å²) in [6, 6.07) is 5.77. The van der Waals surface area contributed by atoms with Gasteiger partial charge in [-0.3, -0.25) is 0 Å². The van der Waals surface area contributed by atoms with Crippen molar-refractivity contribution in [2.75, 3.05) is 0 Å². The second-order valence-corrected chi connectivity index (χ2v) is 6.49. The summed E-state index contributed by atoms with van der Waals surface area (Å²) in [4.78, 5) is 2.98. The van der Waals surface area contributed by atoms with E-state index in [0.29, 0.717) is 11.5 Å². The first-order valence-corrected chi connectivity index (χ1v) is 6.69. The van der Waals surface area contributed by atoms with Crippen molar-refractivity contribution in [3.05, 3.63) is 21.9 Å². The Bertz CT molecular complexity index is 340. The summed E-state index contributed by atoms with van der Waals surface area (Å²) in [5, 5.41) is 3.71. The van der Waals surface area contributed by atoms with Crippen molar-refractivity contribution in [2.45, 2.75) is 52.6 Å². The van der Waals surface area contributed by atoms with Gasteiger partial charge in [-0.1, -0.05) is 20.8 Å². The molecule has 1 saturated carbocycles. The molecule has 2 unspecified atom stereocenters. The van der Waals surface area contributed by atoms with Crippen LogP contribution in [0.15, 0.2) is 12.1 Å². The molecule has 0 aliphatic heterocycles. The smallest absolute Gasteiger partial charge is 0.0388 e. The van der Waals surface area contributed by atoms with Gasteiger partial charge in [0.15, 0.2) is 0 Å². The highest BCUT2D eigenvalue weighted by atomic mass is 32.1. The van der Waals surface area contributed by atoms with Crippen molar-refractivity contribution in [3.63, 3.8) is 0 Å². The Morgan fingerprint density at radius 2 is 2.20 bits per heavy atom. The minimum absolute atomic E-state index is 0.516. The Morgan fingerprint density at radius 1 is 1.53 bits per heavy atom. The maximum Gasteiger partial charge on any atom is 0.0388 e. The molecule has 1 aromatic rings. The van der Waals surface area contributed by atoms with Crippen LogP contribution in [0.3, 0.4) is 0 Å². The quantitative estimate of drug-likeness (QED) is 0.819. The third-order valence-corrected chi connectivity index (χ3v) is 4.83. The molecular formula is C13H21NS. The van der Waals surface area contributed by atoms with Gasteiger partial charge in [-0.15, -0.1) is 11.3 Å². The maximum atomic E-state index is 3.71. The van der Waals surface area contributed by atoms with Crippen LogP contribution in [0.5, 0.6) is 0 Å². The van der Waals surface area contributed by atoms with Crippen LogP contribution in [0, 0.1) is 5.41 Å². The normalized spacial score (nSPS) is 25.2. The lowest BCUT2D eigenvalue weighted by Gasteiger charge is -2.13. The summed E-state index contributed by atoms with van der Waals surface area (Å²) in [6.45, 7) is 9.17. The lowest BCUT2D eigenvalue weighted by atomic mass is 10.2. The summed E-state index contributed by atoms with van der Waals surface area (Å²) in [5.74, 6) is 0. The van der Waals surface area contributed by atoms with Gasteiger partial charge < -0.3 is 5.32 Å². The van der Waals surface area contributed by atoms with Gasteiger partial charge in [0.1, 0.15) is 0 Å². The van der Waals surface area contributed by atoms with E-state index in [1.54, 1.807) is 0 Å². The van der Waals surface area contributed by atoms with Crippen molar-refractivity contribution in [3.8, 4) is 0 Å². The van der Waals surface area contributed by atoms with Gasteiger partial charge >= 0.3 is 0 Å². The first-order valence-electron chi connectivity index (χ1n) is 5.87. The largest absolute Gasteiger partial charge is 0.306 e. The van der Waals surface area contributed by atoms with E-state index in [-0.39, 0.29) is 0 Å². The lowest BCUT2D eigenvalue weighted by Crippen LogP contribution is -2.23. The van der Waals surface area contributed by atoms with Gasteiger partial charge in [0.2, 0.25) is 0 Å². The standard InChI is InChI=1S/C13H21NS/c1-5-10-6-7-11(15-10)9(2)14-12-8-13(12,3)4/h6-7,9,12,14H,5,8H2,1-4H3. The van der Waals surface area contributed by atoms with Crippen molar-refractivity contribution in [1.82, 2.24) is 5.32 Å². The van der Waals surface area contributed by atoms with Crippen LogP contribution in [0.2, 0.25) is 0 Å². The molecule has 0 bridgehead atoms. The van der Waals surface area contributed by atoms with Crippen LogP contribution in [0.4, 0.5) is 0 Å². The zero-order valence-corrected chi connectivity index (χ0v) is 10.9. The predicted molar refractivity (Wildman–Crippen MR) is 67.4 cm³/mol. The molecule has 0 amide bonds. The summed E-state index contributed by atoms with van der Waals surface area (Å²) >= 11 is 1.95. The molecule has 1 aliphatic carbocycles. The molecule has 1 N–H and O–H groups in total. The Balaban J connectivity index is 1.93. The van der Waals surface area contributed by atoms with Crippen molar-refractivity contribution >= 4 is 11.3 Å². The van der Waals surface area contributed by atoms with E-state index in [0.717, 1.165) is 12.5 Å². The molecule has 2 heteroatoms. The van der Waals surface area contributed by atoms with E-state index in [2.05, 4.69) is 45.1 Å². The van der Waals surface area contributed by atoms with Crippen LogP contribution in [0.1, 0.15) is 49.9 Å². The van der Waals surface area contributed by atoms with Crippen molar-refractivity contribution in [1.29, 1.82) is 0 Å². The molecule has 2 rings (SSSR count). The third-order valence-electron chi connectivity index (χ3n) is 3.42. The van der Waals surface area contributed by atoms with E-state index in [9.17, 15) is 0 Å². The van der Waals surface area contributed by atoms with Gasteiger partial charge in [0.05, 0.1) is 0 Å². The molecule has 1 nitrogen and oxygen atoms in total. The Kier molecular flexibility index (Phi) is 2.91.